The van der Waals surface area contributed by atoms with Crippen LogP contribution in [0.2, 0.25) is 0 Å². The summed E-state index contributed by atoms with van der Waals surface area (Å²) in [4.78, 5) is 15.1. The van der Waals surface area contributed by atoms with Crippen LogP contribution in [0.25, 0.3) is 22.1 Å². The second kappa shape index (κ2) is 7.14. The van der Waals surface area contributed by atoms with Gasteiger partial charge in [-0.1, -0.05) is 28.1 Å². The van der Waals surface area contributed by atoms with E-state index in [9.17, 15) is 4.79 Å². The molecule has 1 saturated heterocycles. The summed E-state index contributed by atoms with van der Waals surface area (Å²) in [6.45, 7) is 3.64. The second-order valence-electron chi connectivity index (χ2n) is 6.71. The number of hydrogen-bond acceptors (Lipinski definition) is 6. The molecule has 5 rings (SSSR count). The van der Waals surface area contributed by atoms with Crippen LogP contribution in [-0.4, -0.2) is 39.5 Å². The van der Waals surface area contributed by atoms with E-state index in [1.807, 2.05) is 29.2 Å². The van der Waals surface area contributed by atoms with Gasteiger partial charge in [0.2, 0.25) is 5.43 Å². The van der Waals surface area contributed by atoms with E-state index in [-0.39, 0.29) is 5.43 Å². The number of nitrogens with zero attached hydrogens (tertiary/aromatic N) is 1. The van der Waals surface area contributed by atoms with E-state index >= 15 is 0 Å². The summed E-state index contributed by atoms with van der Waals surface area (Å²) < 4.78 is 23.6. The van der Waals surface area contributed by atoms with Gasteiger partial charge in [-0.15, -0.1) is 0 Å². The first-order valence-corrected chi connectivity index (χ1v) is 9.98. The molecule has 6 nitrogen and oxygen atoms in total. The van der Waals surface area contributed by atoms with Gasteiger partial charge in [-0.25, -0.2) is 0 Å². The maximum Gasteiger partial charge on any atom is 0.216 e. The Morgan fingerprint density at radius 3 is 2.46 bits per heavy atom. The molecule has 1 fully saturated rings. The molecular weight excluding hydrogens is 426 g/mol. The van der Waals surface area contributed by atoms with Crippen molar-refractivity contribution in [1.29, 1.82) is 0 Å². The first kappa shape index (κ1) is 17.6. The number of hydrogen-bond donors (Lipinski definition) is 0. The van der Waals surface area contributed by atoms with Crippen LogP contribution in [0.1, 0.15) is 0 Å². The molecule has 0 bridgehead atoms. The molecule has 0 N–H and O–H groups in total. The van der Waals surface area contributed by atoms with Crippen LogP contribution in [0.15, 0.2) is 50.3 Å². The molecule has 144 valence electrons. The van der Waals surface area contributed by atoms with E-state index in [1.165, 1.54) is 0 Å². The summed E-state index contributed by atoms with van der Waals surface area (Å²) in [5, 5.41) is 0.559. The van der Waals surface area contributed by atoms with Crippen LogP contribution in [0.3, 0.4) is 0 Å². The predicted octanol–water partition coefficient (Wildman–Crippen LogP) is 3.83. The van der Waals surface area contributed by atoms with Gasteiger partial charge >= 0.3 is 0 Å². The monoisotopic (exact) mass is 443 g/mol. The van der Waals surface area contributed by atoms with Crippen LogP contribution >= 0.6 is 15.9 Å². The molecule has 0 atom stereocenters. The van der Waals surface area contributed by atoms with Crippen molar-refractivity contribution in [3.8, 4) is 22.6 Å². The van der Waals surface area contributed by atoms with Gasteiger partial charge in [0.05, 0.1) is 18.6 Å². The minimum atomic E-state index is -0.0290. The fourth-order valence-electron chi connectivity index (χ4n) is 3.65. The number of ether oxygens (including phenoxy) is 3. The molecule has 2 aromatic carbocycles. The van der Waals surface area contributed by atoms with E-state index < -0.39 is 0 Å². The van der Waals surface area contributed by atoms with Crippen LogP contribution in [-0.2, 0) is 4.74 Å². The molecule has 7 heteroatoms. The van der Waals surface area contributed by atoms with Gasteiger partial charge in [-0.05, 0) is 18.2 Å². The second-order valence-corrected chi connectivity index (χ2v) is 7.56. The van der Waals surface area contributed by atoms with Gasteiger partial charge in [-0.2, -0.15) is 0 Å². The standard InChI is InChI=1S/C21H18BrNO5/c22-16-11-19-18(26-8-9-27-19)10-15(16)13-2-1-3-14-20(24)17(12-28-21(13)14)23-4-6-25-7-5-23/h1-3,10-12H,4-9H2. The molecule has 0 aliphatic carbocycles. The molecule has 3 aromatic rings. The first-order chi connectivity index (χ1) is 13.7. The van der Waals surface area contributed by atoms with Gasteiger partial charge < -0.3 is 23.5 Å². The van der Waals surface area contributed by atoms with E-state index in [4.69, 9.17) is 18.6 Å². The topological polar surface area (TPSA) is 61.1 Å². The van der Waals surface area contributed by atoms with Crippen LogP contribution in [0.4, 0.5) is 5.69 Å². The van der Waals surface area contributed by atoms with Crippen molar-refractivity contribution in [3.05, 3.63) is 51.3 Å². The van der Waals surface area contributed by atoms with E-state index in [1.54, 1.807) is 12.3 Å². The number of para-hydroxylation sites is 1. The Hall–Kier alpha value is -2.51. The summed E-state index contributed by atoms with van der Waals surface area (Å²) >= 11 is 3.62. The normalized spacial score (nSPS) is 16.4. The highest BCUT2D eigenvalue weighted by molar-refractivity contribution is 9.10. The van der Waals surface area contributed by atoms with Crippen molar-refractivity contribution in [3.63, 3.8) is 0 Å². The minimum absolute atomic E-state index is 0.0290. The molecule has 0 spiro atoms. The van der Waals surface area contributed by atoms with E-state index in [2.05, 4.69) is 15.9 Å². The lowest BCUT2D eigenvalue weighted by atomic mass is 10.0. The van der Waals surface area contributed by atoms with Gasteiger partial charge in [-0.3, -0.25) is 4.79 Å². The van der Waals surface area contributed by atoms with E-state index in [0.717, 1.165) is 15.6 Å². The Labute approximate surface area is 169 Å². The summed E-state index contributed by atoms with van der Waals surface area (Å²) in [6, 6.07) is 9.43. The lowest BCUT2D eigenvalue weighted by molar-refractivity contribution is 0.122. The maximum atomic E-state index is 13.1. The van der Waals surface area contributed by atoms with Crippen molar-refractivity contribution in [1.82, 2.24) is 0 Å². The Balaban J connectivity index is 1.65. The lowest BCUT2D eigenvalue weighted by Gasteiger charge is -2.27. The zero-order valence-corrected chi connectivity index (χ0v) is 16.7. The predicted molar refractivity (Wildman–Crippen MR) is 110 cm³/mol. The van der Waals surface area contributed by atoms with Crippen LogP contribution in [0, 0.1) is 0 Å². The highest BCUT2D eigenvalue weighted by Crippen LogP contribution is 2.41. The summed E-state index contributed by atoms with van der Waals surface area (Å²) in [5.74, 6) is 1.40. The molecular formula is C21H18BrNO5. The Kier molecular flexibility index (Phi) is 4.49. The third-order valence-corrected chi connectivity index (χ3v) is 5.71. The smallest absolute Gasteiger partial charge is 0.216 e. The molecule has 2 aliphatic heterocycles. The molecule has 3 heterocycles. The fraction of sp³-hybridized carbons (Fsp3) is 0.286. The number of halogens is 1. The molecule has 0 saturated carbocycles. The molecule has 0 radical (unpaired) electrons. The van der Waals surface area contributed by atoms with E-state index in [0.29, 0.717) is 67.7 Å². The zero-order valence-electron chi connectivity index (χ0n) is 15.1. The quantitative estimate of drug-likeness (QED) is 0.599. The molecule has 2 aliphatic rings. The summed E-state index contributed by atoms with van der Waals surface area (Å²) in [6.07, 6.45) is 1.56. The van der Waals surface area contributed by atoms with Crippen LogP contribution in [0.5, 0.6) is 11.5 Å². The summed E-state index contributed by atoms with van der Waals surface area (Å²) in [5.41, 5.74) is 2.82. The summed E-state index contributed by atoms with van der Waals surface area (Å²) in [7, 11) is 0. The van der Waals surface area contributed by atoms with Gasteiger partial charge in [0, 0.05) is 28.7 Å². The third-order valence-electron chi connectivity index (χ3n) is 5.05. The first-order valence-electron chi connectivity index (χ1n) is 9.19. The molecule has 28 heavy (non-hydrogen) atoms. The molecule has 0 unspecified atom stereocenters. The maximum absolute atomic E-state index is 13.1. The number of morpholine rings is 1. The lowest BCUT2D eigenvalue weighted by Crippen LogP contribution is -2.38. The Bertz CT molecular complexity index is 1100. The van der Waals surface area contributed by atoms with Crippen molar-refractivity contribution in [2.75, 3.05) is 44.4 Å². The largest absolute Gasteiger partial charge is 0.486 e. The number of fused-ring (bicyclic) bond motifs is 2. The highest BCUT2D eigenvalue weighted by atomic mass is 79.9. The SMILES string of the molecule is O=c1c(N2CCOCC2)coc2c(-c3cc4c(cc3Br)OCCO4)cccc12. The Morgan fingerprint density at radius 1 is 0.929 bits per heavy atom. The number of benzene rings is 2. The van der Waals surface area contributed by atoms with Crippen molar-refractivity contribution >= 4 is 32.6 Å². The Morgan fingerprint density at radius 2 is 1.68 bits per heavy atom. The number of rotatable bonds is 2. The minimum Gasteiger partial charge on any atom is -0.486 e. The van der Waals surface area contributed by atoms with Gasteiger partial charge in [0.1, 0.15) is 30.7 Å². The third kappa shape index (κ3) is 2.95. The van der Waals surface area contributed by atoms with Crippen molar-refractivity contribution in [2.24, 2.45) is 0 Å². The number of anilines is 1. The van der Waals surface area contributed by atoms with Gasteiger partial charge in [0.15, 0.2) is 11.5 Å². The van der Waals surface area contributed by atoms with Gasteiger partial charge in [0.25, 0.3) is 0 Å². The molecule has 0 amide bonds. The highest BCUT2D eigenvalue weighted by Gasteiger charge is 2.21. The average molecular weight is 444 g/mol. The van der Waals surface area contributed by atoms with Crippen molar-refractivity contribution in [2.45, 2.75) is 0 Å². The van der Waals surface area contributed by atoms with Crippen molar-refractivity contribution < 1.29 is 18.6 Å². The molecule has 1 aromatic heterocycles. The average Bonchev–Trinajstić information content (AvgIpc) is 2.74. The van der Waals surface area contributed by atoms with Crippen LogP contribution < -0.4 is 19.8 Å². The zero-order chi connectivity index (χ0) is 19.1. The fourth-order valence-corrected chi connectivity index (χ4v) is 4.19.